The summed E-state index contributed by atoms with van der Waals surface area (Å²) in [5, 5.41) is 11.5. The highest BCUT2D eigenvalue weighted by molar-refractivity contribution is 6.52. The van der Waals surface area contributed by atoms with Gasteiger partial charge in [0.05, 0.1) is 44.2 Å². The number of nitrogens with zero attached hydrogens (tertiary/aromatic N) is 2. The number of carbonyl (C=O) groups excluding carboxylic acids is 2. The number of anilines is 2. The maximum Gasteiger partial charge on any atom is 0.300 e. The Morgan fingerprint density at radius 3 is 2.13 bits per heavy atom. The molecule has 0 spiro atoms. The molecule has 198 valence electrons. The number of Topliss-reactive ketones (excluding diaryl/α,β-unsaturated/α-hetero) is 1. The summed E-state index contributed by atoms with van der Waals surface area (Å²) in [5.41, 5.74) is 2.34. The third kappa shape index (κ3) is 4.65. The van der Waals surface area contributed by atoms with Crippen LogP contribution < -0.4 is 24.0 Å². The number of ether oxygens (including phenoxy) is 3. The first-order valence-electron chi connectivity index (χ1n) is 12.4. The Labute approximate surface area is 222 Å². The zero-order valence-corrected chi connectivity index (χ0v) is 22.2. The van der Waals surface area contributed by atoms with E-state index in [9.17, 15) is 14.7 Å². The van der Waals surface area contributed by atoms with Crippen LogP contribution in [0.15, 0.2) is 72.3 Å². The molecule has 0 bridgehead atoms. The fourth-order valence-corrected chi connectivity index (χ4v) is 4.82. The summed E-state index contributed by atoms with van der Waals surface area (Å²) in [6, 6.07) is 18.6. The van der Waals surface area contributed by atoms with E-state index in [0.717, 1.165) is 18.8 Å². The van der Waals surface area contributed by atoms with Crippen LogP contribution in [0, 0.1) is 0 Å². The number of methoxy groups -OCH3 is 3. The van der Waals surface area contributed by atoms with Crippen LogP contribution in [0.25, 0.3) is 5.76 Å². The van der Waals surface area contributed by atoms with E-state index >= 15 is 0 Å². The maximum absolute atomic E-state index is 13.6. The minimum Gasteiger partial charge on any atom is -0.507 e. The molecule has 1 atom stereocenters. The van der Waals surface area contributed by atoms with Crippen molar-refractivity contribution >= 4 is 28.8 Å². The van der Waals surface area contributed by atoms with Gasteiger partial charge in [0.15, 0.2) is 0 Å². The van der Waals surface area contributed by atoms with Crippen LogP contribution in [0.5, 0.6) is 17.2 Å². The molecule has 1 saturated heterocycles. The van der Waals surface area contributed by atoms with Gasteiger partial charge in [-0.25, -0.2) is 0 Å². The first kappa shape index (κ1) is 26.6. The molecule has 3 aromatic rings. The van der Waals surface area contributed by atoms with E-state index in [2.05, 4.69) is 18.7 Å². The molecule has 1 unspecified atom stereocenters. The lowest BCUT2D eigenvalue weighted by molar-refractivity contribution is -0.132. The summed E-state index contributed by atoms with van der Waals surface area (Å²) in [7, 11) is 4.49. The molecule has 1 heterocycles. The molecule has 0 aromatic heterocycles. The summed E-state index contributed by atoms with van der Waals surface area (Å²) in [6.45, 7) is 5.84. The molecule has 1 aliphatic heterocycles. The smallest absolute Gasteiger partial charge is 0.300 e. The van der Waals surface area contributed by atoms with E-state index in [0.29, 0.717) is 28.5 Å². The Bertz CT molecular complexity index is 1360. The minimum absolute atomic E-state index is 0.0417. The van der Waals surface area contributed by atoms with Crippen molar-refractivity contribution in [1.29, 1.82) is 0 Å². The van der Waals surface area contributed by atoms with Crippen molar-refractivity contribution in [2.75, 3.05) is 44.2 Å². The van der Waals surface area contributed by atoms with Gasteiger partial charge in [0, 0.05) is 24.8 Å². The average Bonchev–Trinajstić information content (AvgIpc) is 3.22. The Kier molecular flexibility index (Phi) is 7.90. The molecule has 38 heavy (non-hydrogen) atoms. The van der Waals surface area contributed by atoms with Gasteiger partial charge in [-0.05, 0) is 55.8 Å². The molecule has 3 aromatic carbocycles. The monoisotopic (exact) mass is 516 g/mol. The SMILES string of the molecule is CCN(CC)c1ccc(C2/C(=C(/O)c3ccc(OC)cc3OC)C(=O)C(=O)N2c2ccccc2OC)cc1. The zero-order chi connectivity index (χ0) is 27.4. The first-order chi connectivity index (χ1) is 18.4. The molecule has 0 aliphatic carbocycles. The Morgan fingerprint density at radius 2 is 1.53 bits per heavy atom. The second-order valence-corrected chi connectivity index (χ2v) is 8.67. The number of rotatable bonds is 9. The molecule has 0 saturated carbocycles. The van der Waals surface area contributed by atoms with Gasteiger partial charge in [-0.3, -0.25) is 14.5 Å². The lowest BCUT2D eigenvalue weighted by Crippen LogP contribution is -2.30. The van der Waals surface area contributed by atoms with E-state index in [-0.39, 0.29) is 16.9 Å². The Hall–Kier alpha value is -4.46. The molecule has 1 fully saturated rings. The topological polar surface area (TPSA) is 88.5 Å². The van der Waals surface area contributed by atoms with Gasteiger partial charge in [-0.2, -0.15) is 0 Å². The van der Waals surface area contributed by atoms with Crippen LogP contribution in [0.4, 0.5) is 11.4 Å². The minimum atomic E-state index is -0.899. The number of hydrogen-bond donors (Lipinski definition) is 1. The molecule has 1 amide bonds. The molecular weight excluding hydrogens is 484 g/mol. The van der Waals surface area contributed by atoms with Crippen molar-refractivity contribution in [3.05, 3.63) is 83.4 Å². The van der Waals surface area contributed by atoms with E-state index in [1.165, 1.54) is 26.2 Å². The largest absolute Gasteiger partial charge is 0.507 e. The summed E-state index contributed by atoms with van der Waals surface area (Å²) in [5.74, 6) is -0.637. The van der Waals surface area contributed by atoms with E-state index in [1.807, 2.05) is 24.3 Å². The van der Waals surface area contributed by atoms with Gasteiger partial charge in [0.1, 0.15) is 23.0 Å². The fourth-order valence-electron chi connectivity index (χ4n) is 4.82. The van der Waals surface area contributed by atoms with Crippen LogP contribution in [-0.4, -0.2) is 51.2 Å². The molecular formula is C30H32N2O6. The number of amides is 1. The highest BCUT2D eigenvalue weighted by atomic mass is 16.5. The second-order valence-electron chi connectivity index (χ2n) is 8.67. The number of aliphatic hydroxyl groups is 1. The van der Waals surface area contributed by atoms with Gasteiger partial charge in [0.25, 0.3) is 11.7 Å². The van der Waals surface area contributed by atoms with Crippen LogP contribution in [0.2, 0.25) is 0 Å². The summed E-state index contributed by atoms with van der Waals surface area (Å²) < 4.78 is 16.3. The summed E-state index contributed by atoms with van der Waals surface area (Å²) in [4.78, 5) is 30.7. The van der Waals surface area contributed by atoms with Crippen LogP contribution >= 0.6 is 0 Å². The van der Waals surface area contributed by atoms with Gasteiger partial charge < -0.3 is 24.2 Å². The van der Waals surface area contributed by atoms with Crippen LogP contribution in [0.3, 0.4) is 0 Å². The van der Waals surface area contributed by atoms with Crippen molar-refractivity contribution in [2.24, 2.45) is 0 Å². The molecule has 0 radical (unpaired) electrons. The van der Waals surface area contributed by atoms with Gasteiger partial charge in [-0.1, -0.05) is 24.3 Å². The summed E-state index contributed by atoms with van der Waals surface area (Å²) in [6.07, 6.45) is 0. The molecule has 4 rings (SSSR count). The lowest BCUT2D eigenvalue weighted by Gasteiger charge is -2.27. The van der Waals surface area contributed by atoms with Gasteiger partial charge >= 0.3 is 0 Å². The first-order valence-corrected chi connectivity index (χ1v) is 12.4. The molecule has 8 nitrogen and oxygen atoms in total. The third-order valence-electron chi connectivity index (χ3n) is 6.79. The normalized spacial score (nSPS) is 16.4. The van der Waals surface area contributed by atoms with Crippen molar-refractivity contribution in [3.8, 4) is 17.2 Å². The molecule has 1 N–H and O–H groups in total. The van der Waals surface area contributed by atoms with Crippen molar-refractivity contribution in [2.45, 2.75) is 19.9 Å². The Morgan fingerprint density at radius 1 is 0.868 bits per heavy atom. The van der Waals surface area contributed by atoms with Crippen LogP contribution in [0.1, 0.15) is 31.0 Å². The number of benzene rings is 3. The van der Waals surface area contributed by atoms with Crippen molar-refractivity contribution in [3.63, 3.8) is 0 Å². The Balaban J connectivity index is 1.95. The van der Waals surface area contributed by atoms with Gasteiger partial charge in [0.2, 0.25) is 0 Å². The van der Waals surface area contributed by atoms with Crippen LogP contribution in [-0.2, 0) is 9.59 Å². The zero-order valence-electron chi connectivity index (χ0n) is 22.2. The number of ketones is 1. The van der Waals surface area contributed by atoms with E-state index < -0.39 is 17.7 Å². The van der Waals surface area contributed by atoms with Crippen molar-refractivity contribution < 1.29 is 28.9 Å². The van der Waals surface area contributed by atoms with E-state index in [4.69, 9.17) is 14.2 Å². The molecule has 1 aliphatic rings. The highest BCUT2D eigenvalue weighted by Gasteiger charge is 2.48. The predicted molar refractivity (Wildman–Crippen MR) is 147 cm³/mol. The lowest BCUT2D eigenvalue weighted by atomic mass is 9.94. The fraction of sp³-hybridized carbons (Fsp3) is 0.267. The standard InChI is InChI=1S/C30H32N2O6/c1-6-31(7-2)20-14-12-19(13-15-20)27-26(28(33)22-17-16-21(36-3)18-25(22)38-5)29(34)30(35)32(27)23-10-8-9-11-24(23)37-4/h8-18,27,33H,6-7H2,1-5H3/b28-26-. The number of aliphatic hydroxyl groups excluding tert-OH is 1. The quantitative estimate of drug-likeness (QED) is 0.238. The highest BCUT2D eigenvalue weighted by Crippen LogP contribution is 2.46. The van der Waals surface area contributed by atoms with Crippen molar-refractivity contribution in [1.82, 2.24) is 0 Å². The third-order valence-corrected chi connectivity index (χ3v) is 6.79. The van der Waals surface area contributed by atoms with E-state index in [1.54, 1.807) is 42.5 Å². The number of hydrogen-bond acceptors (Lipinski definition) is 7. The number of carbonyl (C=O) groups is 2. The molecule has 8 heteroatoms. The number of para-hydroxylation sites is 2. The second kappa shape index (κ2) is 11.3. The summed E-state index contributed by atoms with van der Waals surface area (Å²) >= 11 is 0. The maximum atomic E-state index is 13.6. The average molecular weight is 517 g/mol. The van der Waals surface area contributed by atoms with Gasteiger partial charge in [-0.15, -0.1) is 0 Å². The predicted octanol–water partition coefficient (Wildman–Crippen LogP) is 5.18.